The predicted octanol–water partition coefficient (Wildman–Crippen LogP) is 6.37. The molecule has 3 aromatic rings. The van der Waals surface area contributed by atoms with Gasteiger partial charge in [-0.2, -0.15) is 13.2 Å². The Hall–Kier alpha value is -2.09. The average molecular weight is 695 g/mol. The van der Waals surface area contributed by atoms with Crippen LogP contribution in [-0.4, -0.2) is 58.5 Å². The van der Waals surface area contributed by atoms with E-state index in [1.165, 1.54) is 6.07 Å². The molecule has 0 spiro atoms. The van der Waals surface area contributed by atoms with Gasteiger partial charge >= 0.3 is 6.18 Å². The Morgan fingerprint density at radius 2 is 1.45 bits per heavy atom. The summed E-state index contributed by atoms with van der Waals surface area (Å²) < 4.78 is 81.6. The molecule has 0 aliphatic carbocycles. The van der Waals surface area contributed by atoms with Gasteiger partial charge in [-0.15, -0.1) is 12.4 Å². The minimum absolute atomic E-state index is 0. The molecule has 2 N–H and O–H groups in total. The molecule has 0 amide bonds. The van der Waals surface area contributed by atoms with Crippen molar-refractivity contribution in [2.75, 3.05) is 45.2 Å². The van der Waals surface area contributed by atoms with Crippen molar-refractivity contribution in [3.05, 3.63) is 99.0 Å². The third kappa shape index (κ3) is 7.31. The van der Waals surface area contributed by atoms with Crippen molar-refractivity contribution in [2.24, 2.45) is 0 Å². The summed E-state index contributed by atoms with van der Waals surface area (Å²) in [5.74, 6) is -0.459. The Labute approximate surface area is 271 Å². The van der Waals surface area contributed by atoms with Gasteiger partial charge in [0, 0.05) is 35.2 Å². The highest BCUT2D eigenvalue weighted by atomic mass is 35.5. The first-order valence-corrected chi connectivity index (χ1v) is 16.3. The molecule has 2 fully saturated rings. The Morgan fingerprint density at radius 3 is 1.93 bits per heavy atom. The number of rotatable bonds is 9. The van der Waals surface area contributed by atoms with E-state index >= 15 is 0 Å². The van der Waals surface area contributed by atoms with E-state index in [1.807, 2.05) is 4.90 Å². The normalized spacial score (nSPS) is 22.9. The average Bonchev–Trinajstić information content (AvgIpc) is 3.40. The van der Waals surface area contributed by atoms with Crippen LogP contribution in [0.1, 0.15) is 41.3 Å². The maximum Gasteiger partial charge on any atom is 0.416 e. The Balaban J connectivity index is 0.00000442. The first-order chi connectivity index (χ1) is 20.4. The van der Waals surface area contributed by atoms with Crippen LogP contribution in [0.5, 0.6) is 5.75 Å². The first kappa shape index (κ1) is 34.8. The maximum atomic E-state index is 14.6. The van der Waals surface area contributed by atoms with E-state index in [-0.39, 0.29) is 42.6 Å². The molecule has 2 unspecified atom stereocenters. The van der Waals surface area contributed by atoms with Gasteiger partial charge in [0.15, 0.2) is 9.84 Å². The number of ether oxygens (including phenoxy) is 2. The number of hydrogen-bond donors (Lipinski definition) is 2. The molecule has 0 radical (unpaired) electrons. The Kier molecular flexibility index (Phi) is 11.2. The van der Waals surface area contributed by atoms with Crippen molar-refractivity contribution in [1.29, 1.82) is 0 Å². The molecule has 5 rings (SSSR count). The van der Waals surface area contributed by atoms with Gasteiger partial charge in [0.25, 0.3) is 0 Å². The molecule has 2 saturated heterocycles. The van der Waals surface area contributed by atoms with Crippen LogP contribution >= 0.6 is 35.6 Å². The smallest absolute Gasteiger partial charge is 0.416 e. The number of halogens is 6. The summed E-state index contributed by atoms with van der Waals surface area (Å²) in [6, 6.07) is 15.6. The van der Waals surface area contributed by atoms with Crippen LogP contribution in [0.2, 0.25) is 10.0 Å². The maximum absolute atomic E-state index is 14.6. The lowest BCUT2D eigenvalue weighted by molar-refractivity contribution is -0.137. The molecule has 14 heteroatoms. The largest absolute Gasteiger partial charge is 0.493 e. The molecule has 2 aliphatic rings. The lowest BCUT2D eigenvalue weighted by Gasteiger charge is -2.34. The highest BCUT2D eigenvalue weighted by molar-refractivity contribution is 7.92. The molecular formula is C30H33Cl3F3N3O4S. The number of benzene rings is 3. The molecule has 0 aromatic heterocycles. The highest BCUT2D eigenvalue weighted by Crippen LogP contribution is 2.47. The van der Waals surface area contributed by atoms with E-state index in [1.54, 1.807) is 55.5 Å². The molecule has 0 bridgehead atoms. The van der Waals surface area contributed by atoms with E-state index in [4.69, 9.17) is 32.7 Å². The molecule has 240 valence electrons. The SMILES string of the molecule is CCOc1cc(C(F)(F)F)ccc1C1(S(=O)(=O)CCN2CCOCC2)NC(c2ccc(Cl)cc2)C(c2ccc(Cl)cc2)N1.Cl. The van der Waals surface area contributed by atoms with Crippen molar-refractivity contribution >= 4 is 45.4 Å². The van der Waals surface area contributed by atoms with Gasteiger partial charge in [-0.25, -0.2) is 8.42 Å². The molecule has 2 heterocycles. The quantitative estimate of drug-likeness (QED) is 0.270. The Morgan fingerprint density at radius 1 is 0.932 bits per heavy atom. The fourth-order valence-electron chi connectivity index (χ4n) is 5.53. The first-order valence-electron chi connectivity index (χ1n) is 13.9. The van der Waals surface area contributed by atoms with Gasteiger partial charge in [0.05, 0.1) is 43.2 Å². The number of hydrogen-bond acceptors (Lipinski definition) is 7. The van der Waals surface area contributed by atoms with Crippen LogP contribution < -0.4 is 15.4 Å². The topological polar surface area (TPSA) is 79.9 Å². The van der Waals surface area contributed by atoms with E-state index < -0.39 is 38.7 Å². The fraction of sp³-hybridized carbons (Fsp3) is 0.400. The third-order valence-corrected chi connectivity index (χ3v) is 10.4. The molecule has 0 saturated carbocycles. The molecular weight excluding hydrogens is 662 g/mol. The second-order valence-electron chi connectivity index (χ2n) is 10.4. The summed E-state index contributed by atoms with van der Waals surface area (Å²) in [5.41, 5.74) is 0.556. The molecule has 3 aromatic carbocycles. The van der Waals surface area contributed by atoms with Crippen LogP contribution in [0.15, 0.2) is 66.7 Å². The molecule has 2 aliphatic heterocycles. The molecule has 7 nitrogen and oxygen atoms in total. The Bertz CT molecular complexity index is 1470. The second kappa shape index (κ2) is 14.1. The van der Waals surface area contributed by atoms with Crippen LogP contribution in [-0.2, 0) is 25.7 Å². The van der Waals surface area contributed by atoms with Gasteiger partial charge in [0.1, 0.15) is 5.75 Å². The summed E-state index contributed by atoms with van der Waals surface area (Å²) in [4.78, 5) is -0.0181. The van der Waals surface area contributed by atoms with Crippen LogP contribution in [0.25, 0.3) is 0 Å². The van der Waals surface area contributed by atoms with Crippen molar-refractivity contribution < 1.29 is 31.1 Å². The van der Waals surface area contributed by atoms with E-state index in [9.17, 15) is 21.6 Å². The summed E-state index contributed by atoms with van der Waals surface area (Å²) in [5, 5.41) is 7.66. The van der Waals surface area contributed by atoms with Crippen LogP contribution in [0.3, 0.4) is 0 Å². The number of nitrogens with zero attached hydrogens (tertiary/aromatic N) is 1. The van der Waals surface area contributed by atoms with E-state index in [0.717, 1.165) is 23.3 Å². The van der Waals surface area contributed by atoms with Crippen molar-refractivity contribution in [3.63, 3.8) is 0 Å². The van der Waals surface area contributed by atoms with Gasteiger partial charge in [-0.1, -0.05) is 53.5 Å². The monoisotopic (exact) mass is 693 g/mol. The minimum Gasteiger partial charge on any atom is -0.493 e. The second-order valence-corrected chi connectivity index (χ2v) is 13.6. The number of alkyl halides is 3. The van der Waals surface area contributed by atoms with Gasteiger partial charge in [0.2, 0.25) is 4.99 Å². The van der Waals surface area contributed by atoms with Gasteiger partial charge in [-0.3, -0.25) is 15.5 Å². The minimum atomic E-state index is -4.65. The lowest BCUT2D eigenvalue weighted by atomic mass is 9.95. The predicted molar refractivity (Wildman–Crippen MR) is 167 cm³/mol. The zero-order valence-electron chi connectivity index (χ0n) is 23.7. The van der Waals surface area contributed by atoms with E-state index in [2.05, 4.69) is 10.6 Å². The summed E-state index contributed by atoms with van der Waals surface area (Å²) >= 11 is 12.3. The lowest BCUT2D eigenvalue weighted by Crippen LogP contribution is -2.55. The molecule has 2 atom stereocenters. The standard InChI is InChI=1S/C30H32Cl2F3N3O4S.ClH/c1-2-42-26-19-22(29(33,34)35)7-12-25(26)30(43(39,40)18-15-38-13-16-41-17-14-38)36-27(20-3-8-23(31)9-4-20)28(37-30)21-5-10-24(32)11-6-21;/h3-12,19,27-28,36-37H,2,13-18H2,1H3;1H. The van der Waals surface area contributed by atoms with Gasteiger partial charge in [-0.05, 0) is 54.4 Å². The van der Waals surface area contributed by atoms with Crippen molar-refractivity contribution in [2.45, 2.75) is 30.2 Å². The number of nitrogens with one attached hydrogen (secondary N) is 2. The van der Waals surface area contributed by atoms with Crippen molar-refractivity contribution in [3.8, 4) is 5.75 Å². The highest BCUT2D eigenvalue weighted by Gasteiger charge is 2.56. The van der Waals surface area contributed by atoms with Gasteiger partial charge < -0.3 is 9.47 Å². The zero-order chi connectivity index (χ0) is 30.8. The summed E-state index contributed by atoms with van der Waals surface area (Å²) in [6.07, 6.45) is -4.65. The summed E-state index contributed by atoms with van der Waals surface area (Å²) in [6.45, 7) is 4.02. The van der Waals surface area contributed by atoms with E-state index in [0.29, 0.717) is 36.3 Å². The van der Waals surface area contributed by atoms with Crippen molar-refractivity contribution in [1.82, 2.24) is 15.5 Å². The third-order valence-electron chi connectivity index (χ3n) is 7.74. The number of morpholine rings is 1. The zero-order valence-corrected chi connectivity index (χ0v) is 26.9. The van der Waals surface area contributed by atoms with Crippen LogP contribution in [0.4, 0.5) is 13.2 Å². The molecule has 44 heavy (non-hydrogen) atoms. The number of sulfone groups is 1. The summed E-state index contributed by atoms with van der Waals surface area (Å²) in [7, 11) is -4.18. The van der Waals surface area contributed by atoms with Crippen LogP contribution in [0, 0.1) is 0 Å². The fourth-order valence-corrected chi connectivity index (χ4v) is 7.71.